The fraction of sp³-hybridized carbons (Fsp3) is 0.600. The van der Waals surface area contributed by atoms with Crippen LogP contribution in [0.25, 0.3) is 0 Å². The lowest BCUT2D eigenvalue weighted by Crippen LogP contribution is -2.25. The Morgan fingerprint density at radius 1 is 1.44 bits per heavy atom. The minimum atomic E-state index is -2.97. The van der Waals surface area contributed by atoms with Crippen molar-refractivity contribution in [3.8, 4) is 0 Å². The molecule has 1 atom stereocenters. The third-order valence-corrected chi connectivity index (χ3v) is 3.14. The Kier molecular flexibility index (Phi) is 4.23. The summed E-state index contributed by atoms with van der Waals surface area (Å²) >= 11 is 0. The van der Waals surface area contributed by atoms with Gasteiger partial charge in [0.15, 0.2) is 0 Å². The van der Waals surface area contributed by atoms with Gasteiger partial charge in [0.05, 0.1) is 5.75 Å². The first-order valence-corrected chi connectivity index (χ1v) is 7.22. The molecule has 90 valence electrons. The van der Waals surface area contributed by atoms with Crippen molar-refractivity contribution >= 4 is 15.7 Å². The lowest BCUT2D eigenvalue weighted by atomic mass is 10.3. The van der Waals surface area contributed by atoms with Crippen LogP contribution in [0.5, 0.6) is 0 Å². The molecule has 1 rings (SSSR count). The number of hydrogen-bond donors (Lipinski definition) is 1. The van der Waals surface area contributed by atoms with E-state index in [0.717, 1.165) is 12.1 Å². The predicted octanol–water partition coefficient (Wildman–Crippen LogP) is 0.884. The van der Waals surface area contributed by atoms with Gasteiger partial charge in [0, 0.05) is 24.1 Å². The van der Waals surface area contributed by atoms with Crippen LogP contribution in [-0.2, 0) is 16.3 Å². The standard InChI is InChI=1S/C10H17N3O2S/c1-4-9-5-10(12-7-11-9)13-8(2)6-16(3,14)15/h5,7-8H,4,6H2,1-3H3,(H,11,12,13). The van der Waals surface area contributed by atoms with E-state index in [2.05, 4.69) is 15.3 Å². The third-order valence-electron chi connectivity index (χ3n) is 2.03. The van der Waals surface area contributed by atoms with E-state index >= 15 is 0 Å². The largest absolute Gasteiger partial charge is 0.366 e. The van der Waals surface area contributed by atoms with Gasteiger partial charge in [0.25, 0.3) is 0 Å². The SMILES string of the molecule is CCc1cc(NC(C)CS(C)(=O)=O)ncn1. The summed E-state index contributed by atoms with van der Waals surface area (Å²) in [5.41, 5.74) is 0.934. The molecule has 0 saturated heterocycles. The van der Waals surface area contributed by atoms with Crippen LogP contribution < -0.4 is 5.32 Å². The van der Waals surface area contributed by atoms with Crippen LogP contribution in [0.4, 0.5) is 5.82 Å². The number of hydrogen-bond acceptors (Lipinski definition) is 5. The molecular formula is C10H17N3O2S. The van der Waals surface area contributed by atoms with E-state index in [9.17, 15) is 8.42 Å². The maximum atomic E-state index is 11.1. The van der Waals surface area contributed by atoms with Gasteiger partial charge >= 0.3 is 0 Å². The van der Waals surface area contributed by atoms with Crippen LogP contribution in [0.15, 0.2) is 12.4 Å². The van der Waals surface area contributed by atoms with Gasteiger partial charge in [-0.3, -0.25) is 0 Å². The van der Waals surface area contributed by atoms with Crippen LogP contribution in [0, 0.1) is 0 Å². The molecule has 0 amide bonds. The van der Waals surface area contributed by atoms with E-state index in [4.69, 9.17) is 0 Å². The molecule has 1 unspecified atom stereocenters. The second-order valence-electron chi connectivity index (χ2n) is 3.89. The van der Waals surface area contributed by atoms with E-state index in [-0.39, 0.29) is 11.8 Å². The number of sulfone groups is 1. The number of rotatable bonds is 5. The zero-order valence-corrected chi connectivity index (χ0v) is 10.6. The Balaban J connectivity index is 2.65. The second kappa shape index (κ2) is 5.25. The van der Waals surface area contributed by atoms with Gasteiger partial charge in [-0.05, 0) is 13.3 Å². The fourth-order valence-electron chi connectivity index (χ4n) is 1.42. The maximum Gasteiger partial charge on any atom is 0.149 e. The minimum Gasteiger partial charge on any atom is -0.366 e. The summed E-state index contributed by atoms with van der Waals surface area (Å²) in [4.78, 5) is 8.11. The number of aromatic nitrogens is 2. The third kappa shape index (κ3) is 4.57. The van der Waals surface area contributed by atoms with Crippen molar-refractivity contribution in [2.45, 2.75) is 26.3 Å². The Bertz CT molecular complexity index is 445. The maximum absolute atomic E-state index is 11.1. The fourth-order valence-corrected chi connectivity index (χ4v) is 2.41. The van der Waals surface area contributed by atoms with Crippen LogP contribution in [0.3, 0.4) is 0 Å². The molecule has 0 bridgehead atoms. The Labute approximate surface area is 96.2 Å². The zero-order valence-electron chi connectivity index (χ0n) is 9.77. The van der Waals surface area contributed by atoms with E-state index in [0.29, 0.717) is 5.82 Å². The van der Waals surface area contributed by atoms with Gasteiger partial charge < -0.3 is 5.32 Å². The lowest BCUT2D eigenvalue weighted by molar-refractivity contribution is 0.598. The molecule has 0 spiro atoms. The molecule has 0 aliphatic carbocycles. The highest BCUT2D eigenvalue weighted by Gasteiger charge is 2.10. The molecule has 1 heterocycles. The summed E-state index contributed by atoms with van der Waals surface area (Å²) in [6, 6.07) is 1.67. The number of nitrogens with one attached hydrogen (secondary N) is 1. The summed E-state index contributed by atoms with van der Waals surface area (Å²) in [5.74, 6) is 0.765. The van der Waals surface area contributed by atoms with Crippen LogP contribution in [0.1, 0.15) is 19.5 Å². The smallest absolute Gasteiger partial charge is 0.149 e. The van der Waals surface area contributed by atoms with Crippen molar-refractivity contribution < 1.29 is 8.42 Å². The summed E-state index contributed by atoms with van der Waals surface area (Å²) in [6.07, 6.45) is 3.54. The van der Waals surface area contributed by atoms with Gasteiger partial charge in [-0.1, -0.05) is 6.92 Å². The first kappa shape index (κ1) is 12.9. The number of anilines is 1. The lowest BCUT2D eigenvalue weighted by Gasteiger charge is -2.13. The van der Waals surface area contributed by atoms with Crippen molar-refractivity contribution in [3.05, 3.63) is 18.1 Å². The molecule has 0 aliphatic rings. The molecule has 6 heteroatoms. The van der Waals surface area contributed by atoms with Crippen LogP contribution >= 0.6 is 0 Å². The molecule has 0 fully saturated rings. The van der Waals surface area contributed by atoms with Crippen molar-refractivity contribution in [2.75, 3.05) is 17.3 Å². The molecule has 0 radical (unpaired) electrons. The van der Waals surface area contributed by atoms with Crippen LogP contribution in [-0.4, -0.2) is 36.4 Å². The van der Waals surface area contributed by atoms with Crippen molar-refractivity contribution in [1.29, 1.82) is 0 Å². The molecular weight excluding hydrogens is 226 g/mol. The monoisotopic (exact) mass is 243 g/mol. The molecule has 0 aliphatic heterocycles. The molecule has 1 aromatic rings. The van der Waals surface area contributed by atoms with E-state index < -0.39 is 9.84 Å². The normalized spacial score (nSPS) is 13.4. The second-order valence-corrected chi connectivity index (χ2v) is 6.07. The molecule has 16 heavy (non-hydrogen) atoms. The number of nitrogens with zero attached hydrogens (tertiary/aromatic N) is 2. The van der Waals surface area contributed by atoms with Crippen LogP contribution in [0.2, 0.25) is 0 Å². The summed E-state index contributed by atoms with van der Waals surface area (Å²) in [7, 11) is -2.97. The molecule has 1 N–H and O–H groups in total. The topological polar surface area (TPSA) is 72.0 Å². The van der Waals surface area contributed by atoms with E-state index in [1.54, 1.807) is 0 Å². The first-order valence-electron chi connectivity index (χ1n) is 5.16. The van der Waals surface area contributed by atoms with Crippen molar-refractivity contribution in [2.24, 2.45) is 0 Å². The highest BCUT2D eigenvalue weighted by Crippen LogP contribution is 2.06. The molecule has 0 saturated carbocycles. The van der Waals surface area contributed by atoms with Gasteiger partial charge in [-0.25, -0.2) is 18.4 Å². The average Bonchev–Trinajstić information content (AvgIpc) is 2.15. The van der Waals surface area contributed by atoms with E-state index in [1.165, 1.54) is 12.6 Å². The van der Waals surface area contributed by atoms with Crippen molar-refractivity contribution in [1.82, 2.24) is 9.97 Å². The predicted molar refractivity (Wildman–Crippen MR) is 64.2 cm³/mol. The van der Waals surface area contributed by atoms with Gasteiger partial charge in [-0.15, -0.1) is 0 Å². The summed E-state index contributed by atoms with van der Waals surface area (Å²) in [6.45, 7) is 3.82. The summed E-state index contributed by atoms with van der Waals surface area (Å²) < 4.78 is 22.2. The van der Waals surface area contributed by atoms with Crippen molar-refractivity contribution in [3.63, 3.8) is 0 Å². The van der Waals surface area contributed by atoms with E-state index in [1.807, 2.05) is 19.9 Å². The molecule has 5 nitrogen and oxygen atoms in total. The van der Waals surface area contributed by atoms with Gasteiger partial charge in [-0.2, -0.15) is 0 Å². The molecule has 0 aromatic carbocycles. The quantitative estimate of drug-likeness (QED) is 0.831. The zero-order chi connectivity index (χ0) is 12.2. The highest BCUT2D eigenvalue weighted by molar-refractivity contribution is 7.90. The minimum absolute atomic E-state index is 0.0957. The molecule has 1 aromatic heterocycles. The Hall–Kier alpha value is -1.17. The number of aryl methyl sites for hydroxylation is 1. The average molecular weight is 243 g/mol. The Morgan fingerprint density at radius 3 is 2.69 bits per heavy atom. The van der Waals surface area contributed by atoms with Gasteiger partial charge in [0.2, 0.25) is 0 Å². The van der Waals surface area contributed by atoms with Gasteiger partial charge in [0.1, 0.15) is 22.0 Å². The highest BCUT2D eigenvalue weighted by atomic mass is 32.2. The summed E-state index contributed by atoms with van der Waals surface area (Å²) in [5, 5.41) is 3.04. The first-order chi connectivity index (χ1) is 7.40. The Morgan fingerprint density at radius 2 is 2.12 bits per heavy atom.